The number of rotatable bonds is 8. The first-order chi connectivity index (χ1) is 28.2. The molecule has 1 aliphatic heterocycles. The minimum atomic E-state index is -2.09. The standard InChI is InChI=1S/C54H42N2S/c1-57(55-45-29-16-6-17-30-45)54-47(51-37-43(39-21-8-2-9-22-39)35-49(51)41-25-12-4-13-26-41)33-20-34-48(54)53-50(42-27-14-5-15-28-42)36-44(40-23-10-3-11-24-40)38-52(53)56(57)46-31-18-7-19-32-46/h2-38,51,55H,1H3. The molecule has 0 fully saturated rings. The first-order valence-corrected chi connectivity index (χ1v) is 21.6. The van der Waals surface area contributed by atoms with Gasteiger partial charge in [0.1, 0.15) is 0 Å². The Morgan fingerprint density at radius 2 is 1.02 bits per heavy atom. The van der Waals surface area contributed by atoms with Gasteiger partial charge in [-0.2, -0.15) is 0 Å². The molecule has 1 heterocycles. The molecule has 0 saturated heterocycles. The van der Waals surface area contributed by atoms with Crippen LogP contribution >= 0.6 is 10.4 Å². The zero-order valence-corrected chi connectivity index (χ0v) is 32.6. The van der Waals surface area contributed by atoms with E-state index in [-0.39, 0.29) is 5.92 Å². The van der Waals surface area contributed by atoms with E-state index in [9.17, 15) is 0 Å². The number of benzene rings is 8. The fourth-order valence-corrected chi connectivity index (χ4v) is 12.0. The minimum Gasteiger partial charge on any atom is -0.328 e. The first kappa shape index (κ1) is 34.7. The van der Waals surface area contributed by atoms with Crippen LogP contribution in [0.2, 0.25) is 0 Å². The summed E-state index contributed by atoms with van der Waals surface area (Å²) in [6, 6.07) is 77.1. The summed E-state index contributed by atoms with van der Waals surface area (Å²) in [5.74, 6) is 0.0184. The molecular weight excluding hydrogens is 709 g/mol. The molecule has 274 valence electrons. The van der Waals surface area contributed by atoms with Crippen LogP contribution in [0.15, 0.2) is 229 Å². The number of fused-ring (bicyclic) bond motifs is 3. The molecule has 0 amide bonds. The van der Waals surface area contributed by atoms with E-state index in [0.29, 0.717) is 0 Å². The van der Waals surface area contributed by atoms with E-state index in [1.54, 1.807) is 0 Å². The van der Waals surface area contributed by atoms with Gasteiger partial charge in [-0.25, -0.2) is 0 Å². The Kier molecular flexibility index (Phi) is 8.93. The smallest absolute Gasteiger partial charge is 0.0619 e. The van der Waals surface area contributed by atoms with Crippen molar-refractivity contribution in [2.45, 2.75) is 10.8 Å². The predicted molar refractivity (Wildman–Crippen MR) is 245 cm³/mol. The zero-order valence-electron chi connectivity index (χ0n) is 31.8. The fraction of sp³-hybridized carbons (Fsp3) is 0.0370. The van der Waals surface area contributed by atoms with Crippen molar-refractivity contribution in [3.8, 4) is 33.4 Å². The van der Waals surface area contributed by atoms with Crippen LogP contribution in [0.3, 0.4) is 0 Å². The molecule has 0 bridgehead atoms. The van der Waals surface area contributed by atoms with E-state index >= 15 is 0 Å². The molecular formula is C54H42N2S. The summed E-state index contributed by atoms with van der Waals surface area (Å²) in [5, 5.41) is 0. The quantitative estimate of drug-likeness (QED) is 0.166. The van der Waals surface area contributed by atoms with Gasteiger partial charge in [0.05, 0.1) is 11.4 Å². The van der Waals surface area contributed by atoms with Gasteiger partial charge in [-0.05, 0) is 92.6 Å². The Balaban J connectivity index is 1.32. The van der Waals surface area contributed by atoms with Crippen molar-refractivity contribution in [1.29, 1.82) is 0 Å². The number of nitrogens with one attached hydrogen (secondary N) is 1. The van der Waals surface area contributed by atoms with Gasteiger partial charge in [0, 0.05) is 33.9 Å². The van der Waals surface area contributed by atoms with Crippen LogP contribution in [0.5, 0.6) is 0 Å². The summed E-state index contributed by atoms with van der Waals surface area (Å²) >= 11 is 0. The van der Waals surface area contributed by atoms with Gasteiger partial charge in [-0.3, -0.25) is 4.31 Å². The third kappa shape index (κ3) is 6.27. The van der Waals surface area contributed by atoms with Crippen LogP contribution in [0, 0.1) is 0 Å². The van der Waals surface area contributed by atoms with Crippen molar-refractivity contribution in [1.82, 2.24) is 0 Å². The number of allylic oxidation sites excluding steroid dienone is 4. The van der Waals surface area contributed by atoms with Crippen molar-refractivity contribution in [3.63, 3.8) is 0 Å². The molecule has 0 radical (unpaired) electrons. The third-order valence-electron chi connectivity index (χ3n) is 11.2. The van der Waals surface area contributed by atoms with Gasteiger partial charge >= 0.3 is 0 Å². The van der Waals surface area contributed by atoms with Gasteiger partial charge in [-0.15, -0.1) is 0 Å². The average molecular weight is 751 g/mol. The highest BCUT2D eigenvalue weighted by atomic mass is 32.3. The van der Waals surface area contributed by atoms with Crippen molar-refractivity contribution < 1.29 is 0 Å². The lowest BCUT2D eigenvalue weighted by Crippen LogP contribution is -2.33. The van der Waals surface area contributed by atoms with Crippen LogP contribution in [0.25, 0.3) is 44.5 Å². The van der Waals surface area contributed by atoms with E-state index < -0.39 is 10.4 Å². The Morgan fingerprint density at radius 3 is 1.65 bits per heavy atom. The van der Waals surface area contributed by atoms with E-state index in [1.165, 1.54) is 71.8 Å². The highest BCUT2D eigenvalue weighted by molar-refractivity contribution is 8.35. The van der Waals surface area contributed by atoms with Gasteiger partial charge in [0.15, 0.2) is 0 Å². The zero-order chi connectivity index (χ0) is 38.2. The lowest BCUT2D eigenvalue weighted by Gasteiger charge is -2.54. The van der Waals surface area contributed by atoms with Crippen LogP contribution in [0.1, 0.15) is 22.6 Å². The second-order valence-corrected chi connectivity index (χ2v) is 17.5. The summed E-state index contributed by atoms with van der Waals surface area (Å²) in [6.07, 6.45) is 7.37. The van der Waals surface area contributed by atoms with E-state index in [1.807, 2.05) is 0 Å². The van der Waals surface area contributed by atoms with Gasteiger partial charge < -0.3 is 4.72 Å². The largest absolute Gasteiger partial charge is 0.328 e. The fourth-order valence-electron chi connectivity index (χ4n) is 8.72. The molecule has 3 heteroatoms. The molecule has 2 unspecified atom stereocenters. The highest BCUT2D eigenvalue weighted by Gasteiger charge is 2.43. The average Bonchev–Trinajstić information content (AvgIpc) is 3.73. The topological polar surface area (TPSA) is 15.3 Å². The minimum absolute atomic E-state index is 0.0184. The first-order valence-electron chi connectivity index (χ1n) is 19.6. The molecule has 0 spiro atoms. The van der Waals surface area contributed by atoms with Crippen molar-refractivity contribution in [2.75, 3.05) is 15.3 Å². The van der Waals surface area contributed by atoms with E-state index in [2.05, 4.69) is 240 Å². The van der Waals surface area contributed by atoms with Crippen LogP contribution < -0.4 is 9.03 Å². The lowest BCUT2D eigenvalue weighted by molar-refractivity contribution is 1.06. The molecule has 1 N–H and O–H groups in total. The predicted octanol–water partition coefficient (Wildman–Crippen LogP) is 14.8. The molecule has 2 atom stereocenters. The molecule has 2 aliphatic rings. The molecule has 1 aliphatic carbocycles. The molecule has 8 aromatic carbocycles. The maximum Gasteiger partial charge on any atom is 0.0619 e. The summed E-state index contributed by atoms with van der Waals surface area (Å²) in [4.78, 5) is 1.34. The Hall–Kier alpha value is -6.81. The van der Waals surface area contributed by atoms with Gasteiger partial charge in [0.25, 0.3) is 0 Å². The van der Waals surface area contributed by atoms with E-state index in [4.69, 9.17) is 0 Å². The molecule has 2 nitrogen and oxygen atoms in total. The monoisotopic (exact) mass is 750 g/mol. The number of para-hydroxylation sites is 2. The van der Waals surface area contributed by atoms with Crippen molar-refractivity contribution >= 4 is 38.6 Å². The van der Waals surface area contributed by atoms with Crippen LogP contribution in [-0.2, 0) is 0 Å². The molecule has 0 saturated carbocycles. The van der Waals surface area contributed by atoms with Crippen molar-refractivity contribution in [3.05, 3.63) is 241 Å². The number of nitrogens with zero attached hydrogens (tertiary/aromatic N) is 1. The molecule has 10 rings (SSSR count). The maximum absolute atomic E-state index is 4.25. The van der Waals surface area contributed by atoms with Crippen LogP contribution in [0.4, 0.5) is 17.1 Å². The maximum atomic E-state index is 4.25. The van der Waals surface area contributed by atoms with E-state index in [0.717, 1.165) is 11.4 Å². The molecule has 0 aromatic heterocycles. The van der Waals surface area contributed by atoms with Gasteiger partial charge in [0.2, 0.25) is 0 Å². The Bertz CT molecular complexity index is 2750. The number of hydrogen-bond donors (Lipinski definition) is 1. The van der Waals surface area contributed by atoms with Crippen molar-refractivity contribution in [2.24, 2.45) is 0 Å². The molecule has 57 heavy (non-hydrogen) atoms. The SMILES string of the molecule is CS1(Nc2ccccc2)c2c(cccc2C2C=C(c3ccccc3)C=C2c2ccccc2)-c2c(-c3ccccc3)cc(-c3ccccc3)cc2N1c1ccccc1. The summed E-state index contributed by atoms with van der Waals surface area (Å²) in [7, 11) is -2.09. The summed E-state index contributed by atoms with van der Waals surface area (Å²) < 4.78 is 6.89. The number of hydrogen-bond acceptors (Lipinski definition) is 2. The molecule has 8 aromatic rings. The summed E-state index contributed by atoms with van der Waals surface area (Å²) in [5.41, 5.74) is 17.1. The Labute approximate surface area is 337 Å². The second kappa shape index (κ2) is 14.7. The lowest BCUT2D eigenvalue weighted by atomic mass is 9.85. The van der Waals surface area contributed by atoms with Gasteiger partial charge in [-0.1, -0.05) is 192 Å². The summed E-state index contributed by atoms with van der Waals surface area (Å²) in [6.45, 7) is 0. The second-order valence-electron chi connectivity index (χ2n) is 14.8. The van der Waals surface area contributed by atoms with Crippen LogP contribution in [-0.4, -0.2) is 6.26 Å². The number of anilines is 3. The third-order valence-corrected chi connectivity index (χ3v) is 14.2. The highest BCUT2D eigenvalue weighted by Crippen LogP contribution is 2.70. The normalized spacial score (nSPS) is 18.1. The Morgan fingerprint density at radius 1 is 0.474 bits per heavy atom.